The molecule has 0 bridgehead atoms. The van der Waals surface area contributed by atoms with Gasteiger partial charge in [0.25, 0.3) is 10.9 Å². The lowest BCUT2D eigenvalue weighted by Crippen LogP contribution is -2.35. The zero-order valence-corrected chi connectivity index (χ0v) is 7.14. The molecule has 1 N–H and O–H groups in total. The van der Waals surface area contributed by atoms with Gasteiger partial charge in [-0.1, -0.05) is 0 Å². The SMILES string of the molecule is CCNc1c(OCC)c(=O)c1=O. The summed E-state index contributed by atoms with van der Waals surface area (Å²) in [6, 6.07) is 0. The van der Waals surface area contributed by atoms with Gasteiger partial charge in [0.1, 0.15) is 5.69 Å². The molecule has 0 heterocycles. The third-order valence-corrected chi connectivity index (χ3v) is 1.51. The van der Waals surface area contributed by atoms with E-state index in [1.807, 2.05) is 6.92 Å². The highest BCUT2D eigenvalue weighted by Gasteiger charge is 2.20. The average Bonchev–Trinajstić information content (AvgIpc) is 2.10. The van der Waals surface area contributed by atoms with E-state index in [0.717, 1.165) is 0 Å². The van der Waals surface area contributed by atoms with Gasteiger partial charge in [-0.25, -0.2) is 0 Å². The van der Waals surface area contributed by atoms with Gasteiger partial charge < -0.3 is 10.1 Å². The summed E-state index contributed by atoms with van der Waals surface area (Å²) in [6.45, 7) is 4.65. The molecular weight excluding hydrogens is 158 g/mol. The molecular formula is C8H11NO3. The second-order valence-corrected chi connectivity index (χ2v) is 2.33. The summed E-state index contributed by atoms with van der Waals surface area (Å²) in [4.78, 5) is 21.8. The summed E-state index contributed by atoms with van der Waals surface area (Å²) in [5.41, 5.74) is -0.669. The Morgan fingerprint density at radius 1 is 1.25 bits per heavy atom. The average molecular weight is 169 g/mol. The molecule has 0 atom stereocenters. The van der Waals surface area contributed by atoms with Crippen LogP contribution in [0.3, 0.4) is 0 Å². The van der Waals surface area contributed by atoms with E-state index in [2.05, 4.69) is 5.32 Å². The number of anilines is 1. The number of hydrogen-bond donors (Lipinski definition) is 1. The normalized spacial score (nSPS) is 10.2. The highest BCUT2D eigenvalue weighted by Crippen LogP contribution is 2.16. The first-order chi connectivity index (χ1) is 5.72. The maximum absolute atomic E-state index is 10.9. The summed E-state index contributed by atoms with van der Waals surface area (Å²) in [5.74, 6) is 0.185. The van der Waals surface area contributed by atoms with Gasteiger partial charge in [-0.15, -0.1) is 0 Å². The van der Waals surface area contributed by atoms with E-state index in [1.54, 1.807) is 6.92 Å². The molecule has 0 spiro atoms. The van der Waals surface area contributed by atoms with Gasteiger partial charge in [0.15, 0.2) is 5.75 Å². The summed E-state index contributed by atoms with van der Waals surface area (Å²) in [6.07, 6.45) is 0. The fourth-order valence-electron chi connectivity index (χ4n) is 0.990. The second-order valence-electron chi connectivity index (χ2n) is 2.33. The largest absolute Gasteiger partial charge is 0.488 e. The van der Waals surface area contributed by atoms with Crippen molar-refractivity contribution < 1.29 is 4.74 Å². The van der Waals surface area contributed by atoms with E-state index in [1.165, 1.54) is 0 Å². The van der Waals surface area contributed by atoms with Crippen LogP contribution in [0, 0.1) is 0 Å². The van der Waals surface area contributed by atoms with Gasteiger partial charge in [-0.3, -0.25) is 9.59 Å². The number of nitrogens with one attached hydrogen (secondary N) is 1. The molecule has 0 aliphatic heterocycles. The molecule has 0 saturated carbocycles. The summed E-state index contributed by atoms with van der Waals surface area (Å²) in [7, 11) is 0. The van der Waals surface area contributed by atoms with Crippen LogP contribution in [-0.2, 0) is 0 Å². The maximum Gasteiger partial charge on any atom is 0.272 e. The Balaban J connectivity index is 2.89. The first-order valence-electron chi connectivity index (χ1n) is 3.92. The molecule has 4 nitrogen and oxygen atoms in total. The molecule has 0 radical (unpaired) electrons. The molecule has 66 valence electrons. The summed E-state index contributed by atoms with van der Waals surface area (Å²) < 4.78 is 4.97. The van der Waals surface area contributed by atoms with Gasteiger partial charge in [-0.2, -0.15) is 0 Å². The van der Waals surface area contributed by atoms with Crippen LogP contribution < -0.4 is 20.9 Å². The number of ether oxygens (including phenoxy) is 1. The highest BCUT2D eigenvalue weighted by atomic mass is 16.5. The predicted octanol–water partition coefficient (Wildman–Crippen LogP) is 0.113. The van der Waals surface area contributed by atoms with Crippen LogP contribution in [0.4, 0.5) is 5.69 Å². The topological polar surface area (TPSA) is 55.4 Å². The Bertz CT molecular complexity index is 302. The molecule has 0 unspecified atom stereocenters. The molecule has 1 rings (SSSR count). The Labute approximate surface area is 69.9 Å². The zero-order valence-electron chi connectivity index (χ0n) is 7.14. The standard InChI is InChI=1S/C8H11NO3/c1-3-9-5-6(10)7(11)8(5)12-4-2/h9H,3-4H2,1-2H3. The van der Waals surface area contributed by atoms with Gasteiger partial charge in [0.2, 0.25) is 0 Å². The van der Waals surface area contributed by atoms with Crippen LogP contribution >= 0.6 is 0 Å². The van der Waals surface area contributed by atoms with Crippen molar-refractivity contribution in [3.05, 3.63) is 20.4 Å². The Hall–Kier alpha value is -1.32. The van der Waals surface area contributed by atoms with Crippen molar-refractivity contribution >= 4 is 5.69 Å². The van der Waals surface area contributed by atoms with E-state index in [4.69, 9.17) is 4.74 Å². The molecule has 0 fully saturated rings. The van der Waals surface area contributed by atoms with Crippen molar-refractivity contribution in [2.24, 2.45) is 0 Å². The second kappa shape index (κ2) is 3.38. The smallest absolute Gasteiger partial charge is 0.272 e. The Morgan fingerprint density at radius 2 is 1.92 bits per heavy atom. The Morgan fingerprint density at radius 3 is 2.42 bits per heavy atom. The summed E-state index contributed by atoms with van der Waals surface area (Å²) >= 11 is 0. The van der Waals surface area contributed by atoms with Crippen molar-refractivity contribution in [3.63, 3.8) is 0 Å². The predicted molar refractivity (Wildman–Crippen MR) is 46.7 cm³/mol. The monoisotopic (exact) mass is 169 g/mol. The van der Waals surface area contributed by atoms with Crippen molar-refractivity contribution in [1.29, 1.82) is 0 Å². The van der Waals surface area contributed by atoms with Crippen LogP contribution in [0.25, 0.3) is 0 Å². The minimum atomic E-state index is -0.521. The minimum absolute atomic E-state index is 0.185. The van der Waals surface area contributed by atoms with E-state index in [9.17, 15) is 9.59 Å². The van der Waals surface area contributed by atoms with Crippen molar-refractivity contribution in [1.82, 2.24) is 0 Å². The molecule has 0 aliphatic rings. The highest BCUT2D eigenvalue weighted by molar-refractivity contribution is 5.61. The van der Waals surface area contributed by atoms with E-state index in [-0.39, 0.29) is 5.75 Å². The zero-order chi connectivity index (χ0) is 9.14. The van der Waals surface area contributed by atoms with Crippen LogP contribution in [0.1, 0.15) is 13.8 Å². The molecule has 4 heteroatoms. The van der Waals surface area contributed by atoms with Crippen LogP contribution in [-0.4, -0.2) is 13.2 Å². The molecule has 0 saturated heterocycles. The molecule has 12 heavy (non-hydrogen) atoms. The van der Waals surface area contributed by atoms with Gasteiger partial charge in [0, 0.05) is 6.54 Å². The number of rotatable bonds is 4. The number of hydrogen-bond acceptors (Lipinski definition) is 4. The van der Waals surface area contributed by atoms with Crippen molar-refractivity contribution in [2.45, 2.75) is 13.8 Å². The van der Waals surface area contributed by atoms with Crippen LogP contribution in [0.15, 0.2) is 9.59 Å². The quantitative estimate of drug-likeness (QED) is 0.650. The third-order valence-electron chi connectivity index (χ3n) is 1.51. The first kappa shape index (κ1) is 8.77. The molecule has 1 aromatic carbocycles. The molecule has 0 amide bonds. The lowest BCUT2D eigenvalue weighted by atomic mass is 10.2. The van der Waals surface area contributed by atoms with Crippen LogP contribution in [0.2, 0.25) is 0 Å². The fraction of sp³-hybridized carbons (Fsp3) is 0.500. The van der Waals surface area contributed by atoms with Crippen molar-refractivity contribution in [3.8, 4) is 5.75 Å². The van der Waals surface area contributed by atoms with E-state index >= 15 is 0 Å². The summed E-state index contributed by atoms with van der Waals surface area (Å²) in [5, 5.41) is 2.78. The Kier molecular flexibility index (Phi) is 2.47. The molecule has 1 aromatic rings. The third kappa shape index (κ3) is 1.20. The maximum atomic E-state index is 10.9. The van der Waals surface area contributed by atoms with Gasteiger partial charge >= 0.3 is 0 Å². The van der Waals surface area contributed by atoms with Crippen LogP contribution in [0.5, 0.6) is 5.75 Å². The lowest BCUT2D eigenvalue weighted by molar-refractivity contribution is 0.335. The van der Waals surface area contributed by atoms with Gasteiger partial charge in [0.05, 0.1) is 6.61 Å². The van der Waals surface area contributed by atoms with Gasteiger partial charge in [-0.05, 0) is 13.8 Å². The first-order valence-corrected chi connectivity index (χ1v) is 3.92. The fourth-order valence-corrected chi connectivity index (χ4v) is 0.990. The molecule has 0 aliphatic carbocycles. The lowest BCUT2D eigenvalue weighted by Gasteiger charge is -2.10. The molecule has 0 aromatic heterocycles. The minimum Gasteiger partial charge on any atom is -0.488 e. The van der Waals surface area contributed by atoms with Crippen molar-refractivity contribution in [2.75, 3.05) is 18.5 Å². The van der Waals surface area contributed by atoms with E-state index < -0.39 is 10.9 Å². The van der Waals surface area contributed by atoms with E-state index in [0.29, 0.717) is 18.8 Å².